The molecular formula is C10H10FNO. The number of nitrogens with zero attached hydrogens (tertiary/aromatic N) is 1. The van der Waals surface area contributed by atoms with Crippen LogP contribution in [0.15, 0.2) is 12.3 Å². The van der Waals surface area contributed by atoms with E-state index in [2.05, 4.69) is 16.8 Å². The minimum atomic E-state index is -0.688. The van der Waals surface area contributed by atoms with Crippen LogP contribution in [-0.4, -0.2) is 16.2 Å². The Labute approximate surface area is 76.4 Å². The van der Waals surface area contributed by atoms with Crippen LogP contribution in [0.4, 0.5) is 4.39 Å². The largest absolute Gasteiger partial charge is 0.381 e. The number of aromatic nitrogens is 1. The van der Waals surface area contributed by atoms with Crippen molar-refractivity contribution in [1.82, 2.24) is 4.98 Å². The first-order chi connectivity index (χ1) is 6.09. The summed E-state index contributed by atoms with van der Waals surface area (Å²) in [7, 11) is 0. The van der Waals surface area contributed by atoms with Crippen molar-refractivity contribution in [3.8, 4) is 11.8 Å². The molecular weight excluding hydrogens is 169 g/mol. The molecule has 0 spiro atoms. The van der Waals surface area contributed by atoms with Crippen LogP contribution in [0.5, 0.6) is 0 Å². The van der Waals surface area contributed by atoms with Crippen molar-refractivity contribution >= 4 is 0 Å². The van der Waals surface area contributed by atoms with Gasteiger partial charge in [-0.25, -0.2) is 9.37 Å². The Hall–Kier alpha value is -1.40. The SMILES string of the molecule is Cc1cc(C#CC(C)O)ncc1F. The number of aliphatic hydroxyl groups is 1. The molecule has 1 N–H and O–H groups in total. The average molecular weight is 179 g/mol. The summed E-state index contributed by atoms with van der Waals surface area (Å²) in [6.07, 6.45) is 0.439. The summed E-state index contributed by atoms with van der Waals surface area (Å²) >= 11 is 0. The lowest BCUT2D eigenvalue weighted by molar-refractivity contribution is 0.253. The monoisotopic (exact) mass is 179 g/mol. The maximum atomic E-state index is 12.7. The Morgan fingerprint density at radius 1 is 1.62 bits per heavy atom. The standard InChI is InChI=1S/C10H10FNO/c1-7-5-9(4-3-8(2)13)12-6-10(7)11/h5-6,8,13H,1-2H3. The van der Waals surface area contributed by atoms with Crippen molar-refractivity contribution in [2.75, 3.05) is 0 Å². The van der Waals surface area contributed by atoms with E-state index in [1.165, 1.54) is 0 Å². The molecule has 0 bridgehead atoms. The maximum Gasteiger partial charge on any atom is 0.144 e. The predicted octanol–water partition coefficient (Wildman–Crippen LogP) is 1.26. The van der Waals surface area contributed by atoms with Crippen LogP contribution >= 0.6 is 0 Å². The molecule has 0 radical (unpaired) electrons. The summed E-state index contributed by atoms with van der Waals surface area (Å²) in [6, 6.07) is 1.55. The van der Waals surface area contributed by atoms with E-state index in [-0.39, 0.29) is 5.82 Å². The Morgan fingerprint density at radius 3 is 2.85 bits per heavy atom. The molecule has 0 fully saturated rings. The second-order valence-corrected chi connectivity index (χ2v) is 2.76. The highest BCUT2D eigenvalue weighted by Crippen LogP contribution is 2.04. The zero-order valence-corrected chi connectivity index (χ0v) is 7.50. The lowest BCUT2D eigenvalue weighted by Gasteiger charge is -1.95. The molecule has 0 saturated heterocycles. The average Bonchev–Trinajstić information content (AvgIpc) is 2.07. The fourth-order valence-electron chi connectivity index (χ4n) is 0.786. The van der Waals surface area contributed by atoms with Gasteiger partial charge in [-0.05, 0) is 31.4 Å². The van der Waals surface area contributed by atoms with E-state index in [0.29, 0.717) is 11.3 Å². The number of hydrogen-bond acceptors (Lipinski definition) is 2. The highest BCUT2D eigenvalue weighted by molar-refractivity contribution is 5.31. The molecule has 1 unspecified atom stereocenters. The molecule has 0 aromatic carbocycles. The zero-order chi connectivity index (χ0) is 9.84. The molecule has 0 aliphatic rings. The minimum absolute atomic E-state index is 0.345. The molecule has 0 saturated carbocycles. The van der Waals surface area contributed by atoms with E-state index in [1.807, 2.05) is 0 Å². The summed E-state index contributed by atoms with van der Waals surface area (Å²) in [6.45, 7) is 3.20. The summed E-state index contributed by atoms with van der Waals surface area (Å²) in [5.74, 6) is 4.82. The van der Waals surface area contributed by atoms with Gasteiger partial charge in [0.1, 0.15) is 17.6 Å². The smallest absolute Gasteiger partial charge is 0.144 e. The van der Waals surface area contributed by atoms with Crippen LogP contribution in [0.25, 0.3) is 0 Å². The van der Waals surface area contributed by atoms with Gasteiger partial charge in [-0.15, -0.1) is 0 Å². The zero-order valence-electron chi connectivity index (χ0n) is 7.50. The lowest BCUT2D eigenvalue weighted by atomic mass is 10.2. The minimum Gasteiger partial charge on any atom is -0.381 e. The number of pyridine rings is 1. The Balaban J connectivity index is 2.94. The second-order valence-electron chi connectivity index (χ2n) is 2.76. The number of aryl methyl sites for hydroxylation is 1. The predicted molar refractivity (Wildman–Crippen MR) is 47.5 cm³/mol. The van der Waals surface area contributed by atoms with Crippen molar-refractivity contribution in [1.29, 1.82) is 0 Å². The molecule has 0 amide bonds. The fourth-order valence-corrected chi connectivity index (χ4v) is 0.786. The first-order valence-electron chi connectivity index (χ1n) is 3.91. The number of hydrogen-bond donors (Lipinski definition) is 1. The number of rotatable bonds is 0. The van der Waals surface area contributed by atoms with Gasteiger partial charge in [-0.3, -0.25) is 0 Å². The molecule has 68 valence electrons. The van der Waals surface area contributed by atoms with Crippen molar-refractivity contribution in [2.45, 2.75) is 20.0 Å². The van der Waals surface area contributed by atoms with Crippen LogP contribution in [-0.2, 0) is 0 Å². The molecule has 2 nitrogen and oxygen atoms in total. The molecule has 1 atom stereocenters. The van der Waals surface area contributed by atoms with Gasteiger partial charge < -0.3 is 5.11 Å². The lowest BCUT2D eigenvalue weighted by Crippen LogP contribution is -1.94. The first kappa shape index (κ1) is 9.69. The van der Waals surface area contributed by atoms with Crippen LogP contribution in [0.2, 0.25) is 0 Å². The molecule has 3 heteroatoms. The third-order valence-corrected chi connectivity index (χ3v) is 1.46. The van der Waals surface area contributed by atoms with Gasteiger partial charge >= 0.3 is 0 Å². The number of halogens is 1. The van der Waals surface area contributed by atoms with E-state index in [1.54, 1.807) is 19.9 Å². The van der Waals surface area contributed by atoms with Gasteiger partial charge in [0.15, 0.2) is 0 Å². The molecule has 1 aromatic rings. The van der Waals surface area contributed by atoms with E-state index in [9.17, 15) is 4.39 Å². The molecule has 0 aliphatic heterocycles. The maximum absolute atomic E-state index is 12.7. The molecule has 1 aromatic heterocycles. The van der Waals surface area contributed by atoms with Crippen molar-refractivity contribution < 1.29 is 9.50 Å². The third-order valence-electron chi connectivity index (χ3n) is 1.46. The van der Waals surface area contributed by atoms with Gasteiger partial charge in [0.05, 0.1) is 6.20 Å². The quantitative estimate of drug-likeness (QED) is 0.608. The third kappa shape index (κ3) is 2.85. The summed E-state index contributed by atoms with van der Waals surface area (Å²) in [5.41, 5.74) is 0.977. The molecule has 13 heavy (non-hydrogen) atoms. The summed E-state index contributed by atoms with van der Waals surface area (Å²) in [4.78, 5) is 3.75. The topological polar surface area (TPSA) is 33.1 Å². The van der Waals surface area contributed by atoms with Gasteiger partial charge in [-0.1, -0.05) is 5.92 Å². The Kier molecular flexibility index (Phi) is 2.99. The Bertz CT molecular complexity index is 363. The van der Waals surface area contributed by atoms with Crippen LogP contribution in [0.1, 0.15) is 18.2 Å². The van der Waals surface area contributed by atoms with Crippen molar-refractivity contribution in [3.63, 3.8) is 0 Å². The number of aliphatic hydroxyl groups excluding tert-OH is 1. The van der Waals surface area contributed by atoms with Gasteiger partial charge in [0, 0.05) is 0 Å². The molecule has 1 rings (SSSR count). The van der Waals surface area contributed by atoms with Gasteiger partial charge in [0.25, 0.3) is 0 Å². The Morgan fingerprint density at radius 2 is 2.31 bits per heavy atom. The van der Waals surface area contributed by atoms with Gasteiger partial charge in [-0.2, -0.15) is 0 Å². The van der Waals surface area contributed by atoms with E-state index in [4.69, 9.17) is 5.11 Å². The highest BCUT2D eigenvalue weighted by Gasteiger charge is 1.97. The fraction of sp³-hybridized carbons (Fsp3) is 0.300. The van der Waals surface area contributed by atoms with E-state index >= 15 is 0 Å². The van der Waals surface area contributed by atoms with Crippen LogP contribution < -0.4 is 0 Å². The molecule has 0 aliphatic carbocycles. The highest BCUT2D eigenvalue weighted by atomic mass is 19.1. The van der Waals surface area contributed by atoms with Crippen molar-refractivity contribution in [3.05, 3.63) is 29.3 Å². The van der Waals surface area contributed by atoms with Crippen LogP contribution in [0.3, 0.4) is 0 Å². The van der Waals surface area contributed by atoms with E-state index in [0.717, 1.165) is 6.20 Å². The van der Waals surface area contributed by atoms with Crippen molar-refractivity contribution in [2.24, 2.45) is 0 Å². The summed E-state index contributed by atoms with van der Waals surface area (Å²) in [5, 5.41) is 8.86. The van der Waals surface area contributed by atoms with Crippen LogP contribution in [0, 0.1) is 24.6 Å². The molecule has 1 heterocycles. The first-order valence-corrected chi connectivity index (χ1v) is 3.91. The summed E-state index contributed by atoms with van der Waals surface area (Å²) < 4.78 is 12.7. The normalized spacial score (nSPS) is 11.7. The van der Waals surface area contributed by atoms with E-state index < -0.39 is 6.10 Å². The van der Waals surface area contributed by atoms with Gasteiger partial charge in [0.2, 0.25) is 0 Å². The second kappa shape index (κ2) is 4.01.